The topological polar surface area (TPSA) is 89.3 Å². The average molecular weight is 415 g/mol. The molecule has 0 unspecified atom stereocenters. The fourth-order valence-corrected chi connectivity index (χ4v) is 3.64. The smallest absolute Gasteiger partial charge is 0.255 e. The molecule has 162 valence electrons. The number of amides is 1. The number of carbonyl (C=O) groups is 1. The Morgan fingerprint density at radius 1 is 1.00 bits per heavy atom. The number of methoxy groups -OCH3 is 3. The quantitative estimate of drug-likeness (QED) is 0.674. The summed E-state index contributed by atoms with van der Waals surface area (Å²) in [7, 11) is 4.55. The molecule has 8 nitrogen and oxygen atoms in total. The summed E-state index contributed by atoms with van der Waals surface area (Å²) in [6, 6.07) is 8.84. The third kappa shape index (κ3) is 4.54. The summed E-state index contributed by atoms with van der Waals surface area (Å²) in [5.74, 6) is 0.984. The lowest BCUT2D eigenvalue weighted by Crippen LogP contribution is -2.46. The van der Waals surface area contributed by atoms with Crippen LogP contribution in [0.5, 0.6) is 17.2 Å². The van der Waals surface area contributed by atoms with Crippen LogP contribution in [0.15, 0.2) is 30.3 Å². The lowest BCUT2D eigenvalue weighted by Gasteiger charge is -2.36. The van der Waals surface area contributed by atoms with E-state index in [0.29, 0.717) is 34.2 Å². The summed E-state index contributed by atoms with van der Waals surface area (Å²) in [5.41, 5.74) is 8.96. The van der Waals surface area contributed by atoms with Gasteiger partial charge in [-0.1, -0.05) is 6.92 Å². The molecule has 0 spiro atoms. The van der Waals surface area contributed by atoms with Crippen molar-refractivity contribution in [3.05, 3.63) is 35.9 Å². The largest absolute Gasteiger partial charge is 0.493 e. The molecular formula is C22H30N4O4. The molecule has 0 saturated carbocycles. The predicted octanol–water partition coefficient (Wildman–Crippen LogP) is 2.69. The summed E-state index contributed by atoms with van der Waals surface area (Å²) in [6.07, 6.45) is 0. The average Bonchev–Trinajstić information content (AvgIpc) is 2.78. The Hall–Kier alpha value is -3.13. The van der Waals surface area contributed by atoms with E-state index in [9.17, 15) is 4.79 Å². The Labute approximate surface area is 177 Å². The van der Waals surface area contributed by atoms with Crippen LogP contribution >= 0.6 is 0 Å². The summed E-state index contributed by atoms with van der Waals surface area (Å²) < 4.78 is 16.0. The first kappa shape index (κ1) is 21.6. The van der Waals surface area contributed by atoms with Crippen LogP contribution in [0.25, 0.3) is 0 Å². The molecule has 3 N–H and O–H groups in total. The molecular weight excluding hydrogens is 384 g/mol. The number of anilines is 3. The van der Waals surface area contributed by atoms with Crippen LogP contribution in [0.2, 0.25) is 0 Å². The Morgan fingerprint density at radius 3 is 2.13 bits per heavy atom. The minimum Gasteiger partial charge on any atom is -0.493 e. The van der Waals surface area contributed by atoms with Gasteiger partial charge in [-0.3, -0.25) is 4.79 Å². The number of hydrogen-bond donors (Lipinski definition) is 2. The number of hydrogen-bond acceptors (Lipinski definition) is 7. The lowest BCUT2D eigenvalue weighted by atomic mass is 10.1. The second kappa shape index (κ2) is 9.58. The minimum atomic E-state index is -0.294. The minimum absolute atomic E-state index is 0.294. The molecule has 0 radical (unpaired) electrons. The number of ether oxygens (including phenoxy) is 3. The maximum absolute atomic E-state index is 12.8. The van der Waals surface area contributed by atoms with E-state index in [1.807, 2.05) is 12.1 Å². The van der Waals surface area contributed by atoms with Crippen molar-refractivity contribution in [3.8, 4) is 17.2 Å². The second-order valence-corrected chi connectivity index (χ2v) is 7.06. The SMILES string of the molecule is CCN1CCN(c2ccc(NC(=O)c3cc(OC)c(OC)c(OC)c3)cc2N)CC1. The highest BCUT2D eigenvalue weighted by Gasteiger charge is 2.19. The van der Waals surface area contributed by atoms with Gasteiger partial charge >= 0.3 is 0 Å². The van der Waals surface area contributed by atoms with Gasteiger partial charge in [-0.15, -0.1) is 0 Å². The lowest BCUT2D eigenvalue weighted by molar-refractivity contribution is 0.102. The number of benzene rings is 2. The predicted molar refractivity (Wildman–Crippen MR) is 119 cm³/mol. The van der Waals surface area contributed by atoms with Crippen LogP contribution < -0.4 is 30.2 Å². The van der Waals surface area contributed by atoms with Gasteiger partial charge in [0.25, 0.3) is 5.91 Å². The maximum atomic E-state index is 12.8. The zero-order valence-electron chi connectivity index (χ0n) is 18.0. The number of nitrogen functional groups attached to an aromatic ring is 1. The van der Waals surface area contributed by atoms with E-state index in [0.717, 1.165) is 38.4 Å². The molecule has 0 bridgehead atoms. The Kier molecular flexibility index (Phi) is 6.89. The highest BCUT2D eigenvalue weighted by Crippen LogP contribution is 2.38. The second-order valence-electron chi connectivity index (χ2n) is 7.06. The molecule has 1 saturated heterocycles. The number of nitrogens with zero attached hydrogens (tertiary/aromatic N) is 2. The molecule has 1 aliphatic rings. The summed E-state index contributed by atoms with van der Waals surface area (Å²) in [6.45, 7) is 7.17. The Morgan fingerprint density at radius 2 is 1.63 bits per heavy atom. The number of rotatable bonds is 7. The van der Waals surface area contributed by atoms with E-state index in [-0.39, 0.29) is 5.91 Å². The highest BCUT2D eigenvalue weighted by molar-refractivity contribution is 6.05. The number of piperazine rings is 1. The molecule has 1 fully saturated rings. The van der Waals surface area contributed by atoms with Gasteiger partial charge in [-0.25, -0.2) is 0 Å². The van der Waals surface area contributed by atoms with Crippen LogP contribution in [0, 0.1) is 0 Å². The summed E-state index contributed by atoms with van der Waals surface area (Å²) >= 11 is 0. The van der Waals surface area contributed by atoms with Crippen molar-refractivity contribution in [1.29, 1.82) is 0 Å². The molecule has 8 heteroatoms. The molecule has 0 atom stereocenters. The van der Waals surface area contributed by atoms with Crippen molar-refractivity contribution < 1.29 is 19.0 Å². The zero-order chi connectivity index (χ0) is 21.7. The standard InChI is InChI=1S/C22H30N4O4/c1-5-25-8-10-26(11-9-25)18-7-6-16(14-17(18)23)24-22(27)15-12-19(28-2)21(30-4)20(13-15)29-3/h6-7,12-14H,5,8-11,23H2,1-4H3,(H,24,27). The van der Waals surface area contributed by atoms with Crippen molar-refractivity contribution in [2.75, 3.05) is 70.0 Å². The molecule has 1 amide bonds. The number of nitrogens with one attached hydrogen (secondary N) is 1. The van der Waals surface area contributed by atoms with Gasteiger partial charge in [-0.2, -0.15) is 0 Å². The van der Waals surface area contributed by atoms with Gasteiger partial charge in [0.2, 0.25) is 5.75 Å². The van der Waals surface area contributed by atoms with E-state index < -0.39 is 0 Å². The van der Waals surface area contributed by atoms with Crippen molar-refractivity contribution in [2.24, 2.45) is 0 Å². The molecule has 1 aliphatic heterocycles. The van der Waals surface area contributed by atoms with Gasteiger partial charge in [0.1, 0.15) is 0 Å². The van der Waals surface area contributed by atoms with Gasteiger partial charge in [0.15, 0.2) is 11.5 Å². The first-order valence-electron chi connectivity index (χ1n) is 9.98. The van der Waals surface area contributed by atoms with Gasteiger partial charge < -0.3 is 35.1 Å². The van der Waals surface area contributed by atoms with Crippen LogP contribution in [0.4, 0.5) is 17.1 Å². The molecule has 0 aliphatic carbocycles. The molecule has 1 heterocycles. The van der Waals surface area contributed by atoms with Crippen LogP contribution in [0.3, 0.4) is 0 Å². The monoisotopic (exact) mass is 414 g/mol. The van der Waals surface area contributed by atoms with Gasteiger partial charge in [0, 0.05) is 37.4 Å². The van der Waals surface area contributed by atoms with E-state index in [1.54, 1.807) is 18.2 Å². The molecule has 2 aromatic carbocycles. The Balaban J connectivity index is 1.75. The zero-order valence-corrected chi connectivity index (χ0v) is 18.0. The summed E-state index contributed by atoms with van der Waals surface area (Å²) in [4.78, 5) is 17.5. The fraction of sp³-hybridized carbons (Fsp3) is 0.409. The number of carbonyl (C=O) groups excluding carboxylic acids is 1. The molecule has 3 rings (SSSR count). The molecule has 2 aromatic rings. The molecule has 30 heavy (non-hydrogen) atoms. The fourth-order valence-electron chi connectivity index (χ4n) is 3.64. The molecule has 0 aromatic heterocycles. The van der Waals surface area contributed by atoms with E-state index in [4.69, 9.17) is 19.9 Å². The van der Waals surface area contributed by atoms with E-state index >= 15 is 0 Å². The number of nitrogens with two attached hydrogens (primary N) is 1. The van der Waals surface area contributed by atoms with E-state index in [1.165, 1.54) is 21.3 Å². The van der Waals surface area contributed by atoms with Crippen LogP contribution in [-0.4, -0.2) is 64.9 Å². The Bertz CT molecular complexity index is 870. The first-order chi connectivity index (χ1) is 14.5. The van der Waals surface area contributed by atoms with Crippen molar-refractivity contribution in [1.82, 2.24) is 4.90 Å². The normalized spacial score (nSPS) is 14.3. The van der Waals surface area contributed by atoms with Crippen LogP contribution in [-0.2, 0) is 0 Å². The number of likely N-dealkylation sites (N-methyl/N-ethyl adjacent to an activating group) is 1. The van der Waals surface area contributed by atoms with Gasteiger partial charge in [0.05, 0.1) is 32.7 Å². The van der Waals surface area contributed by atoms with Crippen molar-refractivity contribution >= 4 is 23.0 Å². The third-order valence-electron chi connectivity index (χ3n) is 5.37. The summed E-state index contributed by atoms with van der Waals surface area (Å²) in [5, 5.41) is 2.89. The highest BCUT2D eigenvalue weighted by atomic mass is 16.5. The first-order valence-corrected chi connectivity index (χ1v) is 9.98. The van der Waals surface area contributed by atoms with Gasteiger partial charge in [-0.05, 0) is 36.9 Å². The van der Waals surface area contributed by atoms with Crippen molar-refractivity contribution in [2.45, 2.75) is 6.92 Å². The maximum Gasteiger partial charge on any atom is 0.255 e. The third-order valence-corrected chi connectivity index (χ3v) is 5.37. The van der Waals surface area contributed by atoms with E-state index in [2.05, 4.69) is 22.0 Å². The van der Waals surface area contributed by atoms with Crippen molar-refractivity contribution in [3.63, 3.8) is 0 Å². The van der Waals surface area contributed by atoms with Crippen LogP contribution in [0.1, 0.15) is 17.3 Å².